The number of hydrogen-bond donors (Lipinski definition) is 0. The van der Waals surface area contributed by atoms with Crippen LogP contribution in [0.15, 0.2) is 36.4 Å². The number of hydrogen-bond acceptors (Lipinski definition) is 0. The largest absolute Gasteiger partial charge is 0.0776 e. The van der Waals surface area contributed by atoms with Crippen LogP contribution >= 0.6 is 0 Å². The van der Waals surface area contributed by atoms with Crippen molar-refractivity contribution in [3.8, 4) is 0 Å². The van der Waals surface area contributed by atoms with E-state index in [0.717, 1.165) is 17.8 Å². The molecule has 0 heteroatoms. The lowest BCUT2D eigenvalue weighted by atomic mass is 9.75. The highest BCUT2D eigenvalue weighted by molar-refractivity contribution is 5.68. The summed E-state index contributed by atoms with van der Waals surface area (Å²) in [5, 5.41) is 0. The van der Waals surface area contributed by atoms with E-state index < -0.39 is 0 Å². The summed E-state index contributed by atoms with van der Waals surface area (Å²) in [4.78, 5) is 0. The second-order valence-corrected chi connectivity index (χ2v) is 5.39. The molecule has 0 aromatic heterocycles. The Kier molecular flexibility index (Phi) is 3.48. The zero-order valence-electron chi connectivity index (χ0n) is 10.6. The van der Waals surface area contributed by atoms with Crippen molar-refractivity contribution in [3.05, 3.63) is 42.0 Å². The minimum atomic E-state index is 0.741. The number of benzene rings is 1. The second-order valence-electron chi connectivity index (χ2n) is 5.39. The van der Waals surface area contributed by atoms with Gasteiger partial charge in [0, 0.05) is 0 Å². The van der Waals surface area contributed by atoms with Crippen molar-refractivity contribution >= 4 is 5.57 Å². The van der Waals surface area contributed by atoms with Crippen LogP contribution in [0.25, 0.3) is 5.57 Å². The van der Waals surface area contributed by atoms with E-state index in [2.05, 4.69) is 57.2 Å². The third kappa shape index (κ3) is 2.37. The molecule has 0 saturated carbocycles. The summed E-state index contributed by atoms with van der Waals surface area (Å²) < 4.78 is 0. The van der Waals surface area contributed by atoms with Crippen LogP contribution in [0.4, 0.5) is 0 Å². The molecule has 0 N–H and O–H groups in total. The summed E-state index contributed by atoms with van der Waals surface area (Å²) >= 11 is 0. The maximum atomic E-state index is 2.49. The second kappa shape index (κ2) is 4.86. The van der Waals surface area contributed by atoms with Gasteiger partial charge >= 0.3 is 0 Å². The molecule has 0 fully saturated rings. The molecule has 1 aliphatic rings. The van der Waals surface area contributed by atoms with E-state index in [1.807, 2.05) is 0 Å². The highest BCUT2D eigenvalue weighted by atomic mass is 14.3. The van der Waals surface area contributed by atoms with Crippen LogP contribution in [-0.4, -0.2) is 0 Å². The van der Waals surface area contributed by atoms with Crippen LogP contribution in [0.2, 0.25) is 0 Å². The van der Waals surface area contributed by atoms with Gasteiger partial charge in [0.15, 0.2) is 0 Å². The van der Waals surface area contributed by atoms with Crippen LogP contribution in [0.1, 0.15) is 39.2 Å². The van der Waals surface area contributed by atoms with Gasteiger partial charge in [-0.1, -0.05) is 57.2 Å². The minimum Gasteiger partial charge on any atom is -0.0776 e. The normalized spacial score (nSPS) is 25.6. The smallest absolute Gasteiger partial charge is 0.0136 e. The van der Waals surface area contributed by atoms with E-state index in [0.29, 0.717) is 0 Å². The zero-order valence-corrected chi connectivity index (χ0v) is 10.6. The fourth-order valence-electron chi connectivity index (χ4n) is 2.74. The van der Waals surface area contributed by atoms with Gasteiger partial charge < -0.3 is 0 Å². The predicted molar refractivity (Wildman–Crippen MR) is 71.1 cm³/mol. The Labute approximate surface area is 99.4 Å². The Morgan fingerprint density at radius 1 is 1.06 bits per heavy atom. The molecule has 0 nitrogen and oxygen atoms in total. The van der Waals surface area contributed by atoms with Crippen molar-refractivity contribution in [2.24, 2.45) is 17.8 Å². The van der Waals surface area contributed by atoms with Gasteiger partial charge in [0.1, 0.15) is 0 Å². The first-order chi connectivity index (χ1) is 7.68. The van der Waals surface area contributed by atoms with Crippen molar-refractivity contribution < 1.29 is 0 Å². The maximum absolute atomic E-state index is 2.49. The van der Waals surface area contributed by atoms with Gasteiger partial charge in [0.05, 0.1) is 0 Å². The topological polar surface area (TPSA) is 0 Å². The van der Waals surface area contributed by atoms with Crippen molar-refractivity contribution in [1.29, 1.82) is 0 Å². The van der Waals surface area contributed by atoms with Crippen LogP contribution in [-0.2, 0) is 0 Å². The highest BCUT2D eigenvalue weighted by Gasteiger charge is 2.24. The van der Waals surface area contributed by atoms with Crippen molar-refractivity contribution in [3.63, 3.8) is 0 Å². The van der Waals surface area contributed by atoms with Crippen LogP contribution in [0.5, 0.6) is 0 Å². The summed E-state index contributed by atoms with van der Waals surface area (Å²) in [6.45, 7) is 7.02. The lowest BCUT2D eigenvalue weighted by Gasteiger charge is -2.30. The van der Waals surface area contributed by atoms with E-state index >= 15 is 0 Å². The van der Waals surface area contributed by atoms with Crippen molar-refractivity contribution in [2.75, 3.05) is 0 Å². The molecule has 86 valence electrons. The van der Waals surface area contributed by atoms with Gasteiger partial charge in [-0.15, -0.1) is 0 Å². The highest BCUT2D eigenvalue weighted by Crippen LogP contribution is 2.38. The summed E-state index contributed by atoms with van der Waals surface area (Å²) in [5.41, 5.74) is 3.00. The molecule has 16 heavy (non-hydrogen) atoms. The standard InChI is InChI=1S/C16H22/c1-12(2)15-10-9-13(3)11-16(15)14-7-5-4-6-8-14/h4-8,11-13,15H,9-10H2,1-3H3/t13-,15+/m1/s1. The Balaban J connectivity index is 2.34. The minimum absolute atomic E-state index is 0.741. The Morgan fingerprint density at radius 3 is 2.38 bits per heavy atom. The average molecular weight is 214 g/mol. The third-order valence-corrected chi connectivity index (χ3v) is 3.71. The first-order valence-electron chi connectivity index (χ1n) is 6.45. The average Bonchev–Trinajstić information content (AvgIpc) is 2.29. The quantitative estimate of drug-likeness (QED) is 0.665. The molecule has 2 atom stereocenters. The van der Waals surface area contributed by atoms with E-state index in [9.17, 15) is 0 Å². The van der Waals surface area contributed by atoms with E-state index in [4.69, 9.17) is 0 Å². The molecule has 0 amide bonds. The number of rotatable bonds is 2. The van der Waals surface area contributed by atoms with Gasteiger partial charge in [0.2, 0.25) is 0 Å². The fourth-order valence-corrected chi connectivity index (χ4v) is 2.74. The lowest BCUT2D eigenvalue weighted by Crippen LogP contribution is -2.17. The summed E-state index contributed by atoms with van der Waals surface area (Å²) in [6.07, 6.45) is 5.18. The molecule has 0 bridgehead atoms. The molecule has 0 spiro atoms. The molecule has 0 unspecified atom stereocenters. The van der Waals surface area contributed by atoms with Gasteiger partial charge in [-0.3, -0.25) is 0 Å². The summed E-state index contributed by atoms with van der Waals surface area (Å²) in [5.74, 6) is 2.24. The van der Waals surface area contributed by atoms with E-state index in [1.54, 1.807) is 5.57 Å². The zero-order chi connectivity index (χ0) is 11.5. The fraction of sp³-hybridized carbons (Fsp3) is 0.500. The van der Waals surface area contributed by atoms with Crippen LogP contribution < -0.4 is 0 Å². The molecular formula is C16H22. The monoisotopic (exact) mass is 214 g/mol. The van der Waals surface area contributed by atoms with Crippen LogP contribution in [0.3, 0.4) is 0 Å². The summed E-state index contributed by atoms with van der Waals surface area (Å²) in [6, 6.07) is 10.9. The first-order valence-corrected chi connectivity index (χ1v) is 6.45. The van der Waals surface area contributed by atoms with Crippen molar-refractivity contribution in [1.82, 2.24) is 0 Å². The Morgan fingerprint density at radius 2 is 1.75 bits per heavy atom. The predicted octanol–water partition coefficient (Wildman–Crippen LogP) is 4.77. The first kappa shape index (κ1) is 11.4. The van der Waals surface area contributed by atoms with Gasteiger partial charge in [-0.25, -0.2) is 0 Å². The van der Waals surface area contributed by atoms with Gasteiger partial charge in [-0.05, 0) is 41.7 Å². The SMILES string of the molecule is CC(C)[C@@H]1CC[C@@H](C)C=C1c1ccccc1. The number of allylic oxidation sites excluding steroid dienone is 2. The molecule has 0 heterocycles. The molecule has 1 aliphatic carbocycles. The van der Waals surface area contributed by atoms with E-state index in [1.165, 1.54) is 18.4 Å². The lowest BCUT2D eigenvalue weighted by molar-refractivity contribution is 0.397. The molecule has 0 radical (unpaired) electrons. The van der Waals surface area contributed by atoms with Gasteiger partial charge in [0.25, 0.3) is 0 Å². The third-order valence-electron chi connectivity index (χ3n) is 3.71. The van der Waals surface area contributed by atoms with Crippen LogP contribution in [0, 0.1) is 17.8 Å². The molecular weight excluding hydrogens is 192 g/mol. The molecule has 2 rings (SSSR count). The molecule has 0 aliphatic heterocycles. The summed E-state index contributed by atoms with van der Waals surface area (Å²) in [7, 11) is 0. The Hall–Kier alpha value is -1.04. The molecule has 0 saturated heterocycles. The van der Waals surface area contributed by atoms with Crippen molar-refractivity contribution in [2.45, 2.75) is 33.6 Å². The molecule has 1 aromatic carbocycles. The van der Waals surface area contributed by atoms with Gasteiger partial charge in [-0.2, -0.15) is 0 Å². The maximum Gasteiger partial charge on any atom is -0.0136 e. The Bertz CT molecular complexity index is 359. The molecule has 1 aromatic rings. The van der Waals surface area contributed by atoms with E-state index in [-0.39, 0.29) is 0 Å².